The first-order valence-electron chi connectivity index (χ1n) is 9.78. The minimum atomic E-state index is -0.246. The molecule has 1 aromatic heterocycles. The molecule has 6 heteroatoms. The molecule has 2 heterocycles. The average molecular weight is 376 g/mol. The van der Waals surface area contributed by atoms with Gasteiger partial charge in [0.05, 0.1) is 11.1 Å². The summed E-state index contributed by atoms with van der Waals surface area (Å²) >= 11 is 0. The Bertz CT molecular complexity index is 1050. The topological polar surface area (TPSA) is 67.2 Å². The summed E-state index contributed by atoms with van der Waals surface area (Å²) < 4.78 is 1.31. The Morgan fingerprint density at radius 1 is 1.11 bits per heavy atom. The summed E-state index contributed by atoms with van der Waals surface area (Å²) in [6, 6.07) is 16.7. The van der Waals surface area contributed by atoms with Gasteiger partial charge in [-0.05, 0) is 44.1 Å². The Kier molecular flexibility index (Phi) is 5.21. The molecule has 1 aliphatic rings. The lowest BCUT2D eigenvalue weighted by Gasteiger charge is -2.23. The number of benzene rings is 2. The molecule has 0 aliphatic carbocycles. The third kappa shape index (κ3) is 3.43. The van der Waals surface area contributed by atoms with Crippen molar-refractivity contribution in [3.63, 3.8) is 0 Å². The summed E-state index contributed by atoms with van der Waals surface area (Å²) in [6.45, 7) is 4.80. The van der Waals surface area contributed by atoms with Crippen LogP contribution in [0.25, 0.3) is 16.5 Å². The normalized spacial score (nSPS) is 17.1. The number of carbonyl (C=O) groups is 1. The summed E-state index contributed by atoms with van der Waals surface area (Å²) in [6.07, 6.45) is 2.25. The quantitative estimate of drug-likeness (QED) is 0.743. The number of aromatic nitrogens is 2. The Morgan fingerprint density at radius 3 is 2.57 bits per heavy atom. The first kappa shape index (κ1) is 18.4. The number of hydrogen-bond donors (Lipinski definition) is 1. The fourth-order valence-corrected chi connectivity index (χ4v) is 3.94. The molecule has 1 amide bonds. The predicted molar refractivity (Wildman–Crippen MR) is 110 cm³/mol. The minimum absolute atomic E-state index is 0.230. The van der Waals surface area contributed by atoms with Crippen LogP contribution in [0.2, 0.25) is 0 Å². The number of carbonyl (C=O) groups excluding carboxylic acids is 1. The zero-order valence-electron chi connectivity index (χ0n) is 16.0. The third-order valence-corrected chi connectivity index (χ3v) is 5.42. The highest BCUT2D eigenvalue weighted by atomic mass is 16.2. The van der Waals surface area contributed by atoms with Gasteiger partial charge in [-0.2, -0.15) is 9.78 Å². The van der Waals surface area contributed by atoms with Gasteiger partial charge in [0.25, 0.3) is 11.5 Å². The predicted octanol–water partition coefficient (Wildman–Crippen LogP) is 2.60. The van der Waals surface area contributed by atoms with E-state index in [0.717, 1.165) is 25.9 Å². The van der Waals surface area contributed by atoms with Gasteiger partial charge >= 0.3 is 0 Å². The summed E-state index contributed by atoms with van der Waals surface area (Å²) in [5.74, 6) is -0.246. The molecule has 6 nitrogen and oxygen atoms in total. The van der Waals surface area contributed by atoms with E-state index in [-0.39, 0.29) is 17.2 Å². The first-order chi connectivity index (χ1) is 13.7. The van der Waals surface area contributed by atoms with Crippen LogP contribution in [0.15, 0.2) is 59.4 Å². The summed E-state index contributed by atoms with van der Waals surface area (Å²) in [4.78, 5) is 28.3. The number of hydrogen-bond acceptors (Lipinski definition) is 4. The van der Waals surface area contributed by atoms with Crippen molar-refractivity contribution in [3.8, 4) is 5.69 Å². The van der Waals surface area contributed by atoms with Crippen molar-refractivity contribution >= 4 is 16.7 Å². The molecule has 1 atom stereocenters. The minimum Gasteiger partial charge on any atom is -0.349 e. The molecule has 1 saturated heterocycles. The molecule has 0 saturated carbocycles. The van der Waals surface area contributed by atoms with E-state index in [0.29, 0.717) is 29.0 Å². The second-order valence-corrected chi connectivity index (χ2v) is 7.08. The number of nitrogens with zero attached hydrogens (tertiary/aromatic N) is 3. The Morgan fingerprint density at radius 2 is 1.82 bits per heavy atom. The third-order valence-electron chi connectivity index (χ3n) is 5.42. The number of nitrogens with one attached hydrogen (secondary N) is 1. The standard InChI is InChI=1S/C22H24N4O2/c1-2-25-14-8-11-17(25)15-23-21(27)20-18-12-6-7-13-19(18)22(28)26(24-20)16-9-4-3-5-10-16/h3-7,9-10,12-13,17H,2,8,11,14-15H2,1H3,(H,23,27). The van der Waals surface area contributed by atoms with Crippen LogP contribution in [-0.2, 0) is 0 Å². The van der Waals surface area contributed by atoms with Gasteiger partial charge in [-0.15, -0.1) is 0 Å². The van der Waals surface area contributed by atoms with Gasteiger partial charge in [0.1, 0.15) is 0 Å². The molecular weight excluding hydrogens is 352 g/mol. The molecule has 1 aliphatic heterocycles. The fourth-order valence-electron chi connectivity index (χ4n) is 3.94. The smallest absolute Gasteiger partial charge is 0.279 e. The van der Waals surface area contributed by atoms with E-state index < -0.39 is 0 Å². The second-order valence-electron chi connectivity index (χ2n) is 7.08. The van der Waals surface area contributed by atoms with Crippen LogP contribution in [0, 0.1) is 0 Å². The van der Waals surface area contributed by atoms with Crippen molar-refractivity contribution in [2.45, 2.75) is 25.8 Å². The molecule has 4 rings (SSSR count). The van der Waals surface area contributed by atoms with Crippen molar-refractivity contribution < 1.29 is 4.79 Å². The average Bonchev–Trinajstić information content (AvgIpc) is 3.21. The zero-order chi connectivity index (χ0) is 19.5. The number of rotatable bonds is 5. The van der Waals surface area contributed by atoms with Crippen LogP contribution in [0.1, 0.15) is 30.3 Å². The summed E-state index contributed by atoms with van der Waals surface area (Å²) in [5, 5.41) is 8.54. The number of fused-ring (bicyclic) bond motifs is 1. The van der Waals surface area contributed by atoms with E-state index in [1.165, 1.54) is 4.68 Å². The van der Waals surface area contributed by atoms with Gasteiger partial charge in [0, 0.05) is 18.0 Å². The van der Waals surface area contributed by atoms with Gasteiger partial charge in [-0.25, -0.2) is 0 Å². The van der Waals surface area contributed by atoms with E-state index in [1.807, 2.05) is 36.4 Å². The highest BCUT2D eigenvalue weighted by molar-refractivity contribution is 6.04. The van der Waals surface area contributed by atoms with Crippen LogP contribution in [-0.4, -0.2) is 46.3 Å². The molecule has 1 unspecified atom stereocenters. The van der Waals surface area contributed by atoms with E-state index in [4.69, 9.17) is 0 Å². The molecule has 144 valence electrons. The Hall–Kier alpha value is -2.99. The lowest BCUT2D eigenvalue weighted by atomic mass is 10.1. The monoisotopic (exact) mass is 376 g/mol. The molecule has 0 radical (unpaired) electrons. The van der Waals surface area contributed by atoms with Crippen LogP contribution in [0.3, 0.4) is 0 Å². The zero-order valence-corrected chi connectivity index (χ0v) is 16.0. The number of likely N-dealkylation sites (tertiary alicyclic amines) is 1. The number of para-hydroxylation sites is 1. The maximum absolute atomic E-state index is 13.0. The van der Waals surface area contributed by atoms with E-state index >= 15 is 0 Å². The number of likely N-dealkylation sites (N-methyl/N-ethyl adjacent to an activating group) is 1. The summed E-state index contributed by atoms with van der Waals surface area (Å²) in [5.41, 5.74) is 0.687. The van der Waals surface area contributed by atoms with Gasteiger partial charge in [-0.3, -0.25) is 14.5 Å². The molecule has 28 heavy (non-hydrogen) atoms. The fraction of sp³-hybridized carbons (Fsp3) is 0.318. The van der Waals surface area contributed by atoms with E-state index in [9.17, 15) is 9.59 Å². The molecule has 0 bridgehead atoms. The molecule has 1 N–H and O–H groups in total. The molecule has 0 spiro atoms. The highest BCUT2D eigenvalue weighted by Gasteiger charge is 2.24. The van der Waals surface area contributed by atoms with Gasteiger partial charge < -0.3 is 5.32 Å². The second kappa shape index (κ2) is 7.94. The van der Waals surface area contributed by atoms with E-state index in [1.54, 1.807) is 18.2 Å². The van der Waals surface area contributed by atoms with Gasteiger partial charge in [-0.1, -0.05) is 43.3 Å². The van der Waals surface area contributed by atoms with Crippen molar-refractivity contribution in [3.05, 3.63) is 70.6 Å². The Labute approximate surface area is 163 Å². The Balaban J connectivity index is 1.70. The summed E-state index contributed by atoms with van der Waals surface area (Å²) in [7, 11) is 0. The number of amides is 1. The largest absolute Gasteiger partial charge is 0.349 e. The van der Waals surface area contributed by atoms with Crippen molar-refractivity contribution in [2.75, 3.05) is 19.6 Å². The molecule has 1 fully saturated rings. The van der Waals surface area contributed by atoms with Crippen LogP contribution in [0.5, 0.6) is 0 Å². The van der Waals surface area contributed by atoms with Crippen LogP contribution in [0.4, 0.5) is 0 Å². The highest BCUT2D eigenvalue weighted by Crippen LogP contribution is 2.17. The van der Waals surface area contributed by atoms with E-state index in [2.05, 4.69) is 22.2 Å². The molecule has 3 aromatic rings. The van der Waals surface area contributed by atoms with Gasteiger partial charge in [0.15, 0.2) is 5.69 Å². The maximum Gasteiger partial charge on any atom is 0.279 e. The first-order valence-corrected chi connectivity index (χ1v) is 9.78. The van der Waals surface area contributed by atoms with Crippen molar-refractivity contribution in [1.29, 1.82) is 0 Å². The molecular formula is C22H24N4O2. The lowest BCUT2D eigenvalue weighted by molar-refractivity contribution is 0.0936. The van der Waals surface area contributed by atoms with Crippen molar-refractivity contribution in [2.24, 2.45) is 0 Å². The van der Waals surface area contributed by atoms with Gasteiger partial charge in [0.2, 0.25) is 0 Å². The molecule has 2 aromatic carbocycles. The lowest BCUT2D eigenvalue weighted by Crippen LogP contribution is -2.40. The SMILES string of the molecule is CCN1CCCC1CNC(=O)c1nn(-c2ccccc2)c(=O)c2ccccc12. The van der Waals surface area contributed by atoms with Crippen LogP contribution >= 0.6 is 0 Å². The van der Waals surface area contributed by atoms with Crippen LogP contribution < -0.4 is 10.9 Å². The maximum atomic E-state index is 13.0. The van der Waals surface area contributed by atoms with Crippen molar-refractivity contribution in [1.82, 2.24) is 20.0 Å².